The van der Waals surface area contributed by atoms with Gasteiger partial charge in [0.2, 0.25) is 0 Å². The van der Waals surface area contributed by atoms with E-state index in [1.54, 1.807) is 0 Å². The van der Waals surface area contributed by atoms with Crippen LogP contribution in [0.25, 0.3) is 5.57 Å². The highest BCUT2D eigenvalue weighted by atomic mass is 15.1. The maximum absolute atomic E-state index is 5.86. The Morgan fingerprint density at radius 2 is 2.18 bits per heavy atom. The molecule has 2 rings (SSSR count). The lowest BCUT2D eigenvalue weighted by Gasteiger charge is -2.27. The lowest BCUT2D eigenvalue weighted by molar-refractivity contribution is 0.305. The second-order valence-corrected chi connectivity index (χ2v) is 4.87. The smallest absolute Gasteiger partial charge is 0.0344 e. The van der Waals surface area contributed by atoms with Crippen LogP contribution in [0.3, 0.4) is 0 Å². The van der Waals surface area contributed by atoms with Gasteiger partial charge in [-0.25, -0.2) is 0 Å². The maximum Gasteiger partial charge on any atom is 0.0344 e. The molecule has 1 aliphatic heterocycles. The first-order valence-corrected chi connectivity index (χ1v) is 6.48. The van der Waals surface area contributed by atoms with E-state index >= 15 is 0 Å². The fourth-order valence-corrected chi connectivity index (χ4v) is 2.40. The van der Waals surface area contributed by atoms with Crippen LogP contribution in [-0.2, 0) is 0 Å². The molecule has 0 aliphatic carbocycles. The van der Waals surface area contributed by atoms with Crippen LogP contribution in [0.1, 0.15) is 30.9 Å². The van der Waals surface area contributed by atoms with Gasteiger partial charge in [-0.3, -0.25) is 4.90 Å². The third-order valence-corrected chi connectivity index (χ3v) is 3.41. The predicted octanol–water partition coefficient (Wildman–Crippen LogP) is 3.08. The van der Waals surface area contributed by atoms with Crippen molar-refractivity contribution in [2.45, 2.75) is 26.7 Å². The van der Waals surface area contributed by atoms with Crippen molar-refractivity contribution in [2.75, 3.05) is 25.4 Å². The zero-order valence-corrected chi connectivity index (χ0v) is 10.9. The predicted molar refractivity (Wildman–Crippen MR) is 74.9 cm³/mol. The molecule has 0 saturated heterocycles. The van der Waals surface area contributed by atoms with Crippen molar-refractivity contribution in [3.8, 4) is 0 Å². The summed E-state index contributed by atoms with van der Waals surface area (Å²) in [4.78, 5) is 2.53. The monoisotopic (exact) mass is 230 g/mol. The summed E-state index contributed by atoms with van der Waals surface area (Å²) in [7, 11) is 0. The molecular weight excluding hydrogens is 208 g/mol. The first-order chi connectivity index (χ1) is 8.20. The molecule has 0 aromatic heterocycles. The highest BCUT2D eigenvalue weighted by molar-refractivity contribution is 5.70. The largest absolute Gasteiger partial charge is 0.399 e. The molecule has 2 heteroatoms. The number of nitrogens with two attached hydrogens (primary N) is 1. The summed E-state index contributed by atoms with van der Waals surface area (Å²) in [5.41, 5.74) is 10.7. The summed E-state index contributed by atoms with van der Waals surface area (Å²) in [6.07, 6.45) is 4.77. The first kappa shape index (κ1) is 12.2. The Kier molecular flexibility index (Phi) is 3.85. The molecule has 92 valence electrons. The van der Waals surface area contributed by atoms with Gasteiger partial charge in [0, 0.05) is 18.8 Å². The number of hydrogen-bond donors (Lipinski definition) is 1. The van der Waals surface area contributed by atoms with Crippen LogP contribution in [0.15, 0.2) is 24.3 Å². The van der Waals surface area contributed by atoms with Crippen LogP contribution in [0.2, 0.25) is 0 Å². The molecular formula is C15H22N2. The highest BCUT2D eigenvalue weighted by Gasteiger charge is 2.13. The standard InChI is InChI=1S/C15H22N2/c1-3-8-17-9-4-5-14(11-17)13-6-7-15(16)12(2)10-13/h5-7,10H,3-4,8-9,11,16H2,1-2H3. The molecule has 0 saturated carbocycles. The molecule has 0 atom stereocenters. The lowest BCUT2D eigenvalue weighted by atomic mass is 9.99. The van der Waals surface area contributed by atoms with Crippen LogP contribution in [0.4, 0.5) is 5.69 Å². The Morgan fingerprint density at radius 1 is 1.35 bits per heavy atom. The van der Waals surface area contributed by atoms with Crippen molar-refractivity contribution in [1.29, 1.82) is 0 Å². The van der Waals surface area contributed by atoms with Crippen LogP contribution in [-0.4, -0.2) is 24.5 Å². The molecule has 1 aliphatic rings. The molecule has 0 bridgehead atoms. The van der Waals surface area contributed by atoms with Gasteiger partial charge in [-0.05, 0) is 55.1 Å². The van der Waals surface area contributed by atoms with E-state index in [4.69, 9.17) is 5.73 Å². The number of nitrogens with zero attached hydrogens (tertiary/aromatic N) is 1. The molecule has 0 spiro atoms. The summed E-state index contributed by atoms with van der Waals surface area (Å²) in [6.45, 7) is 7.80. The summed E-state index contributed by atoms with van der Waals surface area (Å²) >= 11 is 0. The Bertz CT molecular complexity index is 421. The molecule has 2 nitrogen and oxygen atoms in total. The number of hydrogen-bond acceptors (Lipinski definition) is 2. The Balaban J connectivity index is 2.16. The molecule has 1 aromatic rings. The Labute approximate surface area is 104 Å². The number of anilines is 1. The van der Waals surface area contributed by atoms with E-state index in [9.17, 15) is 0 Å². The van der Waals surface area contributed by atoms with Crippen LogP contribution in [0.5, 0.6) is 0 Å². The lowest BCUT2D eigenvalue weighted by Crippen LogP contribution is -2.30. The molecule has 0 radical (unpaired) electrons. The highest BCUT2D eigenvalue weighted by Crippen LogP contribution is 2.23. The van der Waals surface area contributed by atoms with Crippen molar-refractivity contribution < 1.29 is 0 Å². The summed E-state index contributed by atoms with van der Waals surface area (Å²) < 4.78 is 0. The Hall–Kier alpha value is -1.28. The maximum atomic E-state index is 5.86. The van der Waals surface area contributed by atoms with Crippen molar-refractivity contribution >= 4 is 11.3 Å². The summed E-state index contributed by atoms with van der Waals surface area (Å²) in [5.74, 6) is 0. The molecule has 1 aromatic carbocycles. The third-order valence-electron chi connectivity index (χ3n) is 3.41. The molecule has 2 N–H and O–H groups in total. The van der Waals surface area contributed by atoms with Crippen LogP contribution < -0.4 is 5.73 Å². The second-order valence-electron chi connectivity index (χ2n) is 4.87. The van der Waals surface area contributed by atoms with Gasteiger partial charge in [-0.1, -0.05) is 19.1 Å². The van der Waals surface area contributed by atoms with Gasteiger partial charge in [0.1, 0.15) is 0 Å². The van der Waals surface area contributed by atoms with Crippen LogP contribution >= 0.6 is 0 Å². The van der Waals surface area contributed by atoms with E-state index in [1.165, 1.54) is 42.6 Å². The fourth-order valence-electron chi connectivity index (χ4n) is 2.40. The minimum Gasteiger partial charge on any atom is -0.399 e. The quantitative estimate of drug-likeness (QED) is 0.809. The van der Waals surface area contributed by atoms with E-state index in [-0.39, 0.29) is 0 Å². The molecule has 0 unspecified atom stereocenters. The van der Waals surface area contributed by atoms with Gasteiger partial charge in [-0.15, -0.1) is 0 Å². The van der Waals surface area contributed by atoms with Gasteiger partial charge in [0.25, 0.3) is 0 Å². The summed E-state index contributed by atoms with van der Waals surface area (Å²) in [6, 6.07) is 6.37. The minimum absolute atomic E-state index is 0.885. The number of rotatable bonds is 3. The van der Waals surface area contributed by atoms with Gasteiger partial charge in [0.15, 0.2) is 0 Å². The van der Waals surface area contributed by atoms with E-state index in [1.807, 2.05) is 6.07 Å². The average Bonchev–Trinajstić information content (AvgIpc) is 2.33. The van der Waals surface area contributed by atoms with Crippen molar-refractivity contribution in [1.82, 2.24) is 4.90 Å². The zero-order valence-electron chi connectivity index (χ0n) is 10.9. The number of aryl methyl sites for hydroxylation is 1. The van der Waals surface area contributed by atoms with E-state index < -0.39 is 0 Å². The molecule has 0 fully saturated rings. The van der Waals surface area contributed by atoms with Crippen molar-refractivity contribution in [2.24, 2.45) is 0 Å². The van der Waals surface area contributed by atoms with Gasteiger partial charge in [0.05, 0.1) is 0 Å². The SMILES string of the molecule is CCCN1CCC=C(c2ccc(N)c(C)c2)C1. The first-order valence-electron chi connectivity index (χ1n) is 6.48. The van der Waals surface area contributed by atoms with Crippen LogP contribution in [0, 0.1) is 6.92 Å². The topological polar surface area (TPSA) is 29.3 Å². The average molecular weight is 230 g/mol. The van der Waals surface area contributed by atoms with Gasteiger partial charge < -0.3 is 5.73 Å². The van der Waals surface area contributed by atoms with E-state index in [2.05, 4.69) is 37.0 Å². The minimum atomic E-state index is 0.885. The zero-order chi connectivity index (χ0) is 12.3. The third kappa shape index (κ3) is 2.89. The normalized spacial score (nSPS) is 16.9. The number of nitrogen functional groups attached to an aromatic ring is 1. The summed E-state index contributed by atoms with van der Waals surface area (Å²) in [5, 5.41) is 0. The van der Waals surface area contributed by atoms with E-state index in [0.717, 1.165) is 12.2 Å². The molecule has 17 heavy (non-hydrogen) atoms. The second kappa shape index (κ2) is 5.37. The Morgan fingerprint density at radius 3 is 2.88 bits per heavy atom. The molecule has 1 heterocycles. The molecule has 0 amide bonds. The fraction of sp³-hybridized carbons (Fsp3) is 0.467. The van der Waals surface area contributed by atoms with Crippen molar-refractivity contribution in [3.05, 3.63) is 35.4 Å². The van der Waals surface area contributed by atoms with E-state index in [0.29, 0.717) is 0 Å². The van der Waals surface area contributed by atoms with Gasteiger partial charge in [-0.2, -0.15) is 0 Å². The van der Waals surface area contributed by atoms with Gasteiger partial charge >= 0.3 is 0 Å². The number of benzene rings is 1. The van der Waals surface area contributed by atoms with Crippen molar-refractivity contribution in [3.63, 3.8) is 0 Å².